The van der Waals surface area contributed by atoms with E-state index in [4.69, 9.17) is 9.72 Å². The number of nitrogens with one attached hydrogen (secondary N) is 2. The van der Waals surface area contributed by atoms with E-state index in [0.717, 1.165) is 41.9 Å². The van der Waals surface area contributed by atoms with E-state index in [0.29, 0.717) is 19.6 Å². The van der Waals surface area contributed by atoms with Crippen molar-refractivity contribution in [1.29, 1.82) is 0 Å². The van der Waals surface area contributed by atoms with Crippen molar-refractivity contribution in [1.82, 2.24) is 20.2 Å². The van der Waals surface area contributed by atoms with Crippen LogP contribution >= 0.6 is 0 Å². The van der Waals surface area contributed by atoms with Crippen LogP contribution in [0.25, 0.3) is 22.4 Å². The second-order valence-corrected chi connectivity index (χ2v) is 6.85. The summed E-state index contributed by atoms with van der Waals surface area (Å²) in [5.41, 5.74) is 2.67. The van der Waals surface area contributed by atoms with Gasteiger partial charge in [0.25, 0.3) is 0 Å². The second-order valence-electron chi connectivity index (χ2n) is 6.85. The molecule has 146 valence electrons. The molecule has 6 nitrogen and oxygen atoms in total. The maximum Gasteiger partial charge on any atom is 0.314 e. The van der Waals surface area contributed by atoms with Crippen molar-refractivity contribution < 1.29 is 13.9 Å². The number of carbonyl (C=O) groups is 1. The molecule has 1 fully saturated rings. The molecule has 2 aromatic carbocycles. The number of urea groups is 1. The molecule has 0 spiro atoms. The molecule has 1 saturated heterocycles. The number of fused-ring (bicyclic) bond motifs is 1. The first-order chi connectivity index (χ1) is 13.7. The fraction of sp³-hybridized carbons (Fsp3) is 0.333. The lowest BCUT2D eigenvalue weighted by atomic mass is 10.2. The summed E-state index contributed by atoms with van der Waals surface area (Å²) < 4.78 is 20.8. The Hall–Kier alpha value is -2.93. The molecule has 1 atom stereocenters. The van der Waals surface area contributed by atoms with Crippen LogP contribution in [0.3, 0.4) is 0 Å². The highest BCUT2D eigenvalue weighted by Gasteiger charge is 2.16. The first-order valence-electron chi connectivity index (χ1n) is 9.55. The van der Waals surface area contributed by atoms with Crippen molar-refractivity contribution in [2.45, 2.75) is 25.5 Å². The molecule has 2 amide bonds. The third-order valence-electron chi connectivity index (χ3n) is 4.89. The number of imidazole rings is 1. The van der Waals surface area contributed by atoms with Crippen LogP contribution in [0.15, 0.2) is 48.5 Å². The Bertz CT molecular complexity index is 949. The van der Waals surface area contributed by atoms with Crippen LogP contribution < -0.4 is 10.6 Å². The zero-order valence-corrected chi connectivity index (χ0v) is 15.5. The van der Waals surface area contributed by atoms with Gasteiger partial charge >= 0.3 is 6.03 Å². The standard InChI is InChI=1S/C21H23FN4O2/c22-16-9-7-15(8-10-16)20-25-18-5-1-2-6-19(18)26(20)12-11-23-21(27)24-14-17-4-3-13-28-17/h1-2,5-10,17H,3-4,11-14H2,(H2,23,24,27). The molecule has 1 aromatic heterocycles. The minimum absolute atomic E-state index is 0.119. The van der Waals surface area contributed by atoms with Crippen LogP contribution in [0.4, 0.5) is 9.18 Å². The van der Waals surface area contributed by atoms with Gasteiger partial charge < -0.3 is 19.9 Å². The predicted octanol–water partition coefficient (Wildman–Crippen LogP) is 3.32. The van der Waals surface area contributed by atoms with Crippen LogP contribution in [0.2, 0.25) is 0 Å². The summed E-state index contributed by atoms with van der Waals surface area (Å²) in [6.07, 6.45) is 2.16. The molecule has 28 heavy (non-hydrogen) atoms. The maximum atomic E-state index is 13.3. The quantitative estimate of drug-likeness (QED) is 0.687. The van der Waals surface area contributed by atoms with Gasteiger partial charge in [0.15, 0.2) is 0 Å². The molecule has 0 saturated carbocycles. The Morgan fingerprint density at radius 2 is 2.00 bits per heavy atom. The maximum absolute atomic E-state index is 13.3. The van der Waals surface area contributed by atoms with Gasteiger partial charge in [-0.05, 0) is 49.2 Å². The van der Waals surface area contributed by atoms with E-state index < -0.39 is 0 Å². The number of hydrogen-bond acceptors (Lipinski definition) is 3. The van der Waals surface area contributed by atoms with Gasteiger partial charge in [-0.15, -0.1) is 0 Å². The summed E-state index contributed by atoms with van der Waals surface area (Å²) in [6.45, 7) is 2.31. The largest absolute Gasteiger partial charge is 0.376 e. The third-order valence-corrected chi connectivity index (χ3v) is 4.89. The Morgan fingerprint density at radius 3 is 2.79 bits per heavy atom. The van der Waals surface area contributed by atoms with E-state index in [-0.39, 0.29) is 18.0 Å². The van der Waals surface area contributed by atoms with E-state index in [1.807, 2.05) is 28.8 Å². The molecule has 2 N–H and O–H groups in total. The summed E-state index contributed by atoms with van der Waals surface area (Å²) in [6, 6.07) is 13.9. The van der Waals surface area contributed by atoms with Gasteiger partial charge in [0.1, 0.15) is 11.6 Å². The average Bonchev–Trinajstić information content (AvgIpc) is 3.35. The summed E-state index contributed by atoms with van der Waals surface area (Å²) in [7, 11) is 0. The van der Waals surface area contributed by atoms with Crippen LogP contribution in [-0.2, 0) is 11.3 Å². The topological polar surface area (TPSA) is 68.2 Å². The van der Waals surface area contributed by atoms with Crippen molar-refractivity contribution >= 4 is 17.1 Å². The summed E-state index contributed by atoms with van der Waals surface area (Å²) >= 11 is 0. The second kappa shape index (κ2) is 8.39. The van der Waals surface area contributed by atoms with Gasteiger partial charge in [-0.25, -0.2) is 14.2 Å². The van der Waals surface area contributed by atoms with E-state index in [2.05, 4.69) is 10.6 Å². The number of amides is 2. The molecule has 0 bridgehead atoms. The molecule has 3 aromatic rings. The summed E-state index contributed by atoms with van der Waals surface area (Å²) in [4.78, 5) is 16.7. The van der Waals surface area contributed by atoms with Crippen LogP contribution in [0.1, 0.15) is 12.8 Å². The van der Waals surface area contributed by atoms with E-state index >= 15 is 0 Å². The Labute approximate surface area is 162 Å². The third kappa shape index (κ3) is 4.14. The lowest BCUT2D eigenvalue weighted by Crippen LogP contribution is -2.40. The normalized spacial score (nSPS) is 16.4. The Kier molecular flexibility index (Phi) is 5.53. The van der Waals surface area contributed by atoms with E-state index in [9.17, 15) is 9.18 Å². The van der Waals surface area contributed by atoms with E-state index in [1.54, 1.807) is 12.1 Å². The van der Waals surface area contributed by atoms with Crippen LogP contribution in [0, 0.1) is 5.82 Å². The highest BCUT2D eigenvalue weighted by atomic mass is 19.1. The number of rotatable bonds is 6. The molecule has 1 aliphatic rings. The molecule has 7 heteroatoms. The number of halogens is 1. The highest BCUT2D eigenvalue weighted by Crippen LogP contribution is 2.24. The number of carbonyl (C=O) groups excluding carboxylic acids is 1. The van der Waals surface area contributed by atoms with Gasteiger partial charge in [0.2, 0.25) is 0 Å². The minimum Gasteiger partial charge on any atom is -0.376 e. The zero-order chi connectivity index (χ0) is 19.3. The zero-order valence-electron chi connectivity index (χ0n) is 15.5. The molecule has 2 heterocycles. The number of aromatic nitrogens is 2. The molecule has 0 radical (unpaired) electrons. The lowest BCUT2D eigenvalue weighted by molar-refractivity contribution is 0.111. The Balaban J connectivity index is 1.44. The highest BCUT2D eigenvalue weighted by molar-refractivity contribution is 5.80. The molecule has 0 aliphatic carbocycles. The number of benzene rings is 2. The van der Waals surface area contributed by atoms with Gasteiger partial charge in [-0.3, -0.25) is 0 Å². The minimum atomic E-state index is -0.281. The summed E-state index contributed by atoms with van der Waals surface area (Å²) in [5.74, 6) is 0.471. The van der Waals surface area contributed by atoms with E-state index in [1.165, 1.54) is 12.1 Å². The molecule has 4 rings (SSSR count). The van der Waals surface area contributed by atoms with Gasteiger partial charge in [-0.1, -0.05) is 12.1 Å². The molecular weight excluding hydrogens is 359 g/mol. The van der Waals surface area contributed by atoms with Gasteiger partial charge in [0.05, 0.1) is 17.1 Å². The lowest BCUT2D eigenvalue weighted by Gasteiger charge is -2.13. The van der Waals surface area contributed by atoms with Crippen molar-refractivity contribution in [3.63, 3.8) is 0 Å². The van der Waals surface area contributed by atoms with Gasteiger partial charge in [-0.2, -0.15) is 0 Å². The monoisotopic (exact) mass is 382 g/mol. The Morgan fingerprint density at radius 1 is 1.18 bits per heavy atom. The fourth-order valence-corrected chi connectivity index (χ4v) is 3.48. The number of hydrogen-bond donors (Lipinski definition) is 2. The first-order valence-corrected chi connectivity index (χ1v) is 9.55. The molecular formula is C21H23FN4O2. The van der Waals surface area contributed by atoms with Gasteiger partial charge in [0, 0.05) is 31.8 Å². The predicted molar refractivity (Wildman–Crippen MR) is 106 cm³/mol. The smallest absolute Gasteiger partial charge is 0.314 e. The fourth-order valence-electron chi connectivity index (χ4n) is 3.48. The summed E-state index contributed by atoms with van der Waals surface area (Å²) in [5, 5.41) is 5.74. The van der Waals surface area contributed by atoms with Crippen molar-refractivity contribution in [3.05, 3.63) is 54.3 Å². The molecule has 1 aliphatic heterocycles. The number of ether oxygens (including phenoxy) is 1. The average molecular weight is 382 g/mol. The number of para-hydroxylation sites is 2. The first kappa shape index (κ1) is 18.4. The number of nitrogens with zero attached hydrogens (tertiary/aromatic N) is 2. The van der Waals surface area contributed by atoms with Crippen molar-refractivity contribution in [3.8, 4) is 11.4 Å². The van der Waals surface area contributed by atoms with Crippen molar-refractivity contribution in [2.75, 3.05) is 19.7 Å². The van der Waals surface area contributed by atoms with Crippen molar-refractivity contribution in [2.24, 2.45) is 0 Å². The van der Waals surface area contributed by atoms with Crippen LogP contribution in [-0.4, -0.2) is 41.4 Å². The SMILES string of the molecule is O=C(NCCn1c(-c2ccc(F)cc2)nc2ccccc21)NCC1CCCO1. The van der Waals surface area contributed by atoms with Crippen LogP contribution in [0.5, 0.6) is 0 Å². The molecule has 1 unspecified atom stereocenters.